The van der Waals surface area contributed by atoms with Gasteiger partial charge in [0, 0.05) is 38.9 Å². The monoisotopic (exact) mass is 411 g/mol. The van der Waals surface area contributed by atoms with E-state index in [0.29, 0.717) is 28.9 Å². The van der Waals surface area contributed by atoms with Crippen LogP contribution >= 0.6 is 0 Å². The number of anilines is 2. The van der Waals surface area contributed by atoms with Crippen LogP contribution in [0.25, 0.3) is 0 Å². The van der Waals surface area contributed by atoms with Gasteiger partial charge in [0.05, 0.1) is 5.69 Å². The molecular formula is C25H34FN3O. The Balaban J connectivity index is 0.00000272. The Labute approximate surface area is 180 Å². The van der Waals surface area contributed by atoms with Crippen molar-refractivity contribution in [1.82, 2.24) is 5.32 Å². The summed E-state index contributed by atoms with van der Waals surface area (Å²) in [7, 11) is 3.65. The van der Waals surface area contributed by atoms with Gasteiger partial charge >= 0.3 is 0 Å². The van der Waals surface area contributed by atoms with Crippen molar-refractivity contribution in [3.63, 3.8) is 0 Å². The minimum absolute atomic E-state index is 0. The van der Waals surface area contributed by atoms with Gasteiger partial charge < -0.3 is 15.1 Å². The fourth-order valence-electron chi connectivity index (χ4n) is 4.82. The zero-order chi connectivity index (χ0) is 21.1. The van der Waals surface area contributed by atoms with E-state index in [1.807, 2.05) is 25.2 Å². The summed E-state index contributed by atoms with van der Waals surface area (Å²) >= 11 is 0. The maximum Gasteiger partial charge on any atom is 0.258 e. The number of likely N-dealkylation sites (N-methyl/N-ethyl adjacent to an activating group) is 1. The normalized spacial score (nSPS) is 19.8. The number of benzene rings is 2. The molecule has 4 rings (SSSR count). The van der Waals surface area contributed by atoms with Crippen LogP contribution in [0.2, 0.25) is 0 Å². The molecule has 0 bridgehead atoms. The quantitative estimate of drug-likeness (QED) is 0.735. The van der Waals surface area contributed by atoms with Crippen LogP contribution in [-0.2, 0) is 0 Å². The fourth-order valence-corrected chi connectivity index (χ4v) is 4.82. The first-order valence-corrected chi connectivity index (χ1v) is 11.2. The van der Waals surface area contributed by atoms with Crippen molar-refractivity contribution < 1.29 is 10.6 Å². The molecule has 5 heteroatoms. The zero-order valence-electron chi connectivity index (χ0n) is 18.0. The molecule has 2 fully saturated rings. The minimum Gasteiger partial charge on any atom is -0.368 e. The number of rotatable bonds is 5. The standard InChI is InChI=1S/C25H32FN3O.H2/c1-27-21-14-15-29(17-21)24-13-12-22(16-23(24)26)28(2)25(30)20-10-8-19(9-11-20)18-6-4-3-5-7-18;/h8-13,16,18,21,27H,3-7,14-15,17H2,1-2H3;1H. The smallest absolute Gasteiger partial charge is 0.258 e. The fraction of sp³-hybridized carbons (Fsp3) is 0.480. The molecule has 162 valence electrons. The summed E-state index contributed by atoms with van der Waals surface area (Å²) in [5.41, 5.74) is 3.14. The third-order valence-corrected chi connectivity index (χ3v) is 6.79. The molecule has 2 aliphatic rings. The average Bonchev–Trinajstić information content (AvgIpc) is 3.28. The van der Waals surface area contributed by atoms with Gasteiger partial charge in [0.1, 0.15) is 5.82 Å². The molecule has 0 spiro atoms. The number of hydrogen-bond donors (Lipinski definition) is 1. The van der Waals surface area contributed by atoms with E-state index >= 15 is 0 Å². The van der Waals surface area contributed by atoms with E-state index in [9.17, 15) is 9.18 Å². The van der Waals surface area contributed by atoms with E-state index in [4.69, 9.17) is 0 Å². The number of nitrogens with one attached hydrogen (secondary N) is 1. The molecule has 0 aromatic heterocycles. The first-order chi connectivity index (χ1) is 14.6. The highest BCUT2D eigenvalue weighted by atomic mass is 19.1. The molecule has 1 N–H and O–H groups in total. The molecule has 1 saturated heterocycles. The highest BCUT2D eigenvalue weighted by Gasteiger charge is 2.24. The van der Waals surface area contributed by atoms with Gasteiger partial charge in [-0.2, -0.15) is 0 Å². The molecule has 0 radical (unpaired) electrons. The second-order valence-electron chi connectivity index (χ2n) is 8.68. The predicted octanol–water partition coefficient (Wildman–Crippen LogP) is 5.19. The lowest BCUT2D eigenvalue weighted by molar-refractivity contribution is 0.0993. The lowest BCUT2D eigenvalue weighted by Gasteiger charge is -2.23. The number of amides is 1. The number of halogens is 1. The maximum atomic E-state index is 14.8. The Morgan fingerprint density at radius 2 is 1.83 bits per heavy atom. The molecule has 1 atom stereocenters. The molecule has 1 aliphatic carbocycles. The summed E-state index contributed by atoms with van der Waals surface area (Å²) < 4.78 is 14.8. The second kappa shape index (κ2) is 9.17. The molecule has 1 aliphatic heterocycles. The number of hydrogen-bond acceptors (Lipinski definition) is 3. The van der Waals surface area contributed by atoms with Crippen LogP contribution in [-0.4, -0.2) is 39.1 Å². The van der Waals surface area contributed by atoms with Gasteiger partial charge in [-0.3, -0.25) is 4.79 Å². The zero-order valence-corrected chi connectivity index (χ0v) is 18.0. The summed E-state index contributed by atoms with van der Waals surface area (Å²) in [5.74, 6) is 0.223. The lowest BCUT2D eigenvalue weighted by atomic mass is 9.84. The van der Waals surface area contributed by atoms with Crippen molar-refractivity contribution in [2.24, 2.45) is 0 Å². The second-order valence-corrected chi connectivity index (χ2v) is 8.68. The predicted molar refractivity (Wildman–Crippen MR) is 123 cm³/mol. The van der Waals surface area contributed by atoms with Crippen molar-refractivity contribution in [2.75, 3.05) is 37.0 Å². The van der Waals surface area contributed by atoms with E-state index in [-0.39, 0.29) is 13.2 Å². The van der Waals surface area contributed by atoms with Crippen molar-refractivity contribution in [3.8, 4) is 0 Å². The summed E-state index contributed by atoms with van der Waals surface area (Å²) in [6.07, 6.45) is 7.41. The van der Waals surface area contributed by atoms with Gasteiger partial charge in [-0.15, -0.1) is 0 Å². The van der Waals surface area contributed by atoms with Crippen LogP contribution < -0.4 is 15.1 Å². The number of nitrogens with zero attached hydrogens (tertiary/aromatic N) is 2. The van der Waals surface area contributed by atoms with Gasteiger partial charge in [-0.1, -0.05) is 31.4 Å². The van der Waals surface area contributed by atoms with E-state index in [0.717, 1.165) is 19.5 Å². The van der Waals surface area contributed by atoms with Gasteiger partial charge in [0.15, 0.2) is 0 Å². The average molecular weight is 412 g/mol. The Kier molecular flexibility index (Phi) is 6.38. The van der Waals surface area contributed by atoms with E-state index in [1.165, 1.54) is 48.6 Å². The molecule has 1 saturated carbocycles. The highest BCUT2D eigenvalue weighted by molar-refractivity contribution is 6.05. The lowest BCUT2D eigenvalue weighted by Crippen LogP contribution is -2.30. The minimum atomic E-state index is -0.281. The van der Waals surface area contributed by atoms with Crippen LogP contribution in [0.1, 0.15) is 61.8 Å². The highest BCUT2D eigenvalue weighted by Crippen LogP contribution is 2.33. The third-order valence-electron chi connectivity index (χ3n) is 6.79. The molecular weight excluding hydrogens is 377 g/mol. The Morgan fingerprint density at radius 3 is 2.47 bits per heavy atom. The molecule has 1 amide bonds. The molecule has 1 heterocycles. The Morgan fingerprint density at radius 1 is 1.10 bits per heavy atom. The van der Waals surface area contributed by atoms with Gasteiger partial charge in [-0.05, 0) is 68.1 Å². The van der Waals surface area contributed by atoms with Crippen LogP contribution in [0, 0.1) is 5.82 Å². The van der Waals surface area contributed by atoms with Crippen LogP contribution in [0.5, 0.6) is 0 Å². The molecule has 2 aromatic carbocycles. The molecule has 30 heavy (non-hydrogen) atoms. The van der Waals surface area contributed by atoms with E-state index < -0.39 is 0 Å². The Bertz CT molecular complexity index is 883. The summed E-state index contributed by atoms with van der Waals surface area (Å²) in [5, 5.41) is 3.25. The first-order valence-electron chi connectivity index (χ1n) is 11.2. The summed E-state index contributed by atoms with van der Waals surface area (Å²) in [6, 6.07) is 13.5. The van der Waals surface area contributed by atoms with Crippen LogP contribution in [0.3, 0.4) is 0 Å². The summed E-state index contributed by atoms with van der Waals surface area (Å²) in [4.78, 5) is 16.5. The first kappa shape index (κ1) is 20.9. The maximum absolute atomic E-state index is 14.8. The molecule has 2 aromatic rings. The topological polar surface area (TPSA) is 35.6 Å². The molecule has 4 nitrogen and oxygen atoms in total. The number of carbonyl (C=O) groups excluding carboxylic acids is 1. The van der Waals surface area contributed by atoms with Gasteiger partial charge in [0.25, 0.3) is 5.91 Å². The van der Waals surface area contributed by atoms with Crippen LogP contribution in [0.15, 0.2) is 42.5 Å². The Hall–Kier alpha value is -2.40. The third kappa shape index (κ3) is 4.36. The van der Waals surface area contributed by atoms with E-state index in [1.54, 1.807) is 13.1 Å². The SMILES string of the molecule is CNC1CCN(c2ccc(N(C)C(=O)c3ccc(C4CCCCC4)cc3)cc2F)C1.[HH]. The number of carbonyl (C=O) groups is 1. The molecule has 1 unspecified atom stereocenters. The van der Waals surface area contributed by atoms with Crippen molar-refractivity contribution in [2.45, 2.75) is 50.5 Å². The van der Waals surface area contributed by atoms with Crippen LogP contribution in [0.4, 0.5) is 15.8 Å². The van der Waals surface area contributed by atoms with Gasteiger partial charge in [0.2, 0.25) is 0 Å². The van der Waals surface area contributed by atoms with Crippen molar-refractivity contribution in [3.05, 3.63) is 59.4 Å². The van der Waals surface area contributed by atoms with E-state index in [2.05, 4.69) is 22.3 Å². The summed E-state index contributed by atoms with van der Waals surface area (Å²) in [6.45, 7) is 1.64. The van der Waals surface area contributed by atoms with Crippen molar-refractivity contribution in [1.29, 1.82) is 0 Å². The van der Waals surface area contributed by atoms with Gasteiger partial charge in [-0.25, -0.2) is 4.39 Å². The largest absolute Gasteiger partial charge is 0.368 e. The van der Waals surface area contributed by atoms with Crippen molar-refractivity contribution >= 4 is 17.3 Å².